The zero-order chi connectivity index (χ0) is 14.7. The molecule has 1 saturated heterocycles. The molecule has 4 nitrogen and oxygen atoms in total. The second-order valence-electron chi connectivity index (χ2n) is 6.06. The molecule has 0 saturated carbocycles. The summed E-state index contributed by atoms with van der Waals surface area (Å²) in [6, 6.07) is 5.87. The van der Waals surface area contributed by atoms with Crippen LogP contribution in [0.5, 0.6) is 0 Å². The Hall–Kier alpha value is -1.55. The van der Waals surface area contributed by atoms with Crippen LogP contribution in [0.25, 0.3) is 0 Å². The standard InChI is InChI=1S/C17H24N2O2/c18-14-6-8-16-13(12-14)4-3-10-19(16)17(20)9-7-15-5-1-2-11-21-15/h6,8,12,15H,1-5,7,9-11,18H2. The van der Waals surface area contributed by atoms with E-state index < -0.39 is 0 Å². The molecule has 0 spiro atoms. The molecule has 4 heteroatoms. The van der Waals surface area contributed by atoms with Crippen molar-refractivity contribution in [1.82, 2.24) is 0 Å². The predicted molar refractivity (Wildman–Crippen MR) is 84.4 cm³/mol. The highest BCUT2D eigenvalue weighted by molar-refractivity contribution is 5.94. The minimum absolute atomic E-state index is 0.217. The molecule has 2 aliphatic heterocycles. The lowest BCUT2D eigenvalue weighted by molar-refractivity contribution is -0.119. The highest BCUT2D eigenvalue weighted by atomic mass is 16.5. The van der Waals surface area contributed by atoms with Crippen LogP contribution in [0, 0.1) is 0 Å². The maximum absolute atomic E-state index is 12.5. The number of nitrogen functional groups attached to an aromatic ring is 1. The number of benzene rings is 1. The summed E-state index contributed by atoms with van der Waals surface area (Å²) in [6.07, 6.45) is 7.21. The zero-order valence-corrected chi connectivity index (χ0v) is 12.5. The summed E-state index contributed by atoms with van der Waals surface area (Å²) in [5, 5.41) is 0. The SMILES string of the molecule is Nc1ccc2c(c1)CCCN2C(=O)CCC1CCCCO1. The molecule has 2 heterocycles. The first-order valence-electron chi connectivity index (χ1n) is 8.04. The van der Waals surface area contributed by atoms with Gasteiger partial charge in [0.15, 0.2) is 0 Å². The van der Waals surface area contributed by atoms with Crippen molar-refractivity contribution >= 4 is 17.3 Å². The molecule has 1 atom stereocenters. The van der Waals surface area contributed by atoms with E-state index in [4.69, 9.17) is 10.5 Å². The predicted octanol–water partition coefficient (Wildman–Crippen LogP) is 2.90. The van der Waals surface area contributed by atoms with Gasteiger partial charge in [-0.2, -0.15) is 0 Å². The van der Waals surface area contributed by atoms with E-state index in [2.05, 4.69) is 0 Å². The Kier molecular flexibility index (Phi) is 4.44. The van der Waals surface area contributed by atoms with Gasteiger partial charge in [-0.25, -0.2) is 0 Å². The van der Waals surface area contributed by atoms with Crippen LogP contribution in [0.3, 0.4) is 0 Å². The first-order chi connectivity index (χ1) is 10.2. The number of carbonyl (C=O) groups excluding carboxylic acids is 1. The third kappa shape index (κ3) is 3.38. The first-order valence-corrected chi connectivity index (χ1v) is 8.04. The van der Waals surface area contributed by atoms with Crippen molar-refractivity contribution in [3.8, 4) is 0 Å². The van der Waals surface area contributed by atoms with Crippen molar-refractivity contribution in [1.29, 1.82) is 0 Å². The van der Waals surface area contributed by atoms with Crippen molar-refractivity contribution in [2.24, 2.45) is 0 Å². The summed E-state index contributed by atoms with van der Waals surface area (Å²) in [7, 11) is 0. The number of nitrogens with two attached hydrogens (primary N) is 1. The molecule has 21 heavy (non-hydrogen) atoms. The van der Waals surface area contributed by atoms with Crippen molar-refractivity contribution in [3.63, 3.8) is 0 Å². The quantitative estimate of drug-likeness (QED) is 0.870. The van der Waals surface area contributed by atoms with Crippen molar-refractivity contribution in [2.45, 2.75) is 51.0 Å². The highest BCUT2D eigenvalue weighted by Gasteiger charge is 2.23. The molecule has 2 N–H and O–H groups in total. The minimum Gasteiger partial charge on any atom is -0.399 e. The molecule has 1 aromatic carbocycles. The van der Waals surface area contributed by atoms with Gasteiger partial charge in [0, 0.05) is 30.9 Å². The van der Waals surface area contributed by atoms with Crippen LogP contribution in [0.2, 0.25) is 0 Å². The molecule has 0 aromatic heterocycles. The van der Waals surface area contributed by atoms with Crippen LogP contribution in [0.4, 0.5) is 11.4 Å². The molecule has 1 aromatic rings. The Balaban J connectivity index is 1.63. The summed E-state index contributed by atoms with van der Waals surface area (Å²) in [6.45, 7) is 1.67. The van der Waals surface area contributed by atoms with Gasteiger partial charge >= 0.3 is 0 Å². The monoisotopic (exact) mass is 288 g/mol. The molecule has 1 unspecified atom stereocenters. The lowest BCUT2D eigenvalue weighted by Gasteiger charge is -2.30. The fourth-order valence-corrected chi connectivity index (χ4v) is 3.33. The molecular weight excluding hydrogens is 264 g/mol. The van der Waals surface area contributed by atoms with Gasteiger partial charge in [0.05, 0.1) is 6.10 Å². The number of hydrogen-bond acceptors (Lipinski definition) is 3. The van der Waals surface area contributed by atoms with Gasteiger partial charge < -0.3 is 15.4 Å². The maximum atomic E-state index is 12.5. The summed E-state index contributed by atoms with van der Waals surface area (Å²) in [5.74, 6) is 0.217. The van der Waals surface area contributed by atoms with Gasteiger partial charge in [-0.15, -0.1) is 0 Å². The number of hydrogen-bond donors (Lipinski definition) is 1. The number of anilines is 2. The van der Waals surface area contributed by atoms with E-state index in [1.54, 1.807) is 0 Å². The topological polar surface area (TPSA) is 55.6 Å². The number of ether oxygens (including phenoxy) is 1. The fraction of sp³-hybridized carbons (Fsp3) is 0.588. The molecule has 0 radical (unpaired) electrons. The zero-order valence-electron chi connectivity index (χ0n) is 12.5. The minimum atomic E-state index is 0.217. The van der Waals surface area contributed by atoms with Gasteiger partial charge in [-0.1, -0.05) is 0 Å². The van der Waals surface area contributed by atoms with E-state index in [0.29, 0.717) is 6.42 Å². The van der Waals surface area contributed by atoms with E-state index in [-0.39, 0.29) is 12.0 Å². The van der Waals surface area contributed by atoms with Crippen LogP contribution < -0.4 is 10.6 Å². The number of rotatable bonds is 3. The smallest absolute Gasteiger partial charge is 0.227 e. The number of nitrogens with zero attached hydrogens (tertiary/aromatic N) is 1. The van der Waals surface area contributed by atoms with E-state index in [0.717, 1.165) is 56.6 Å². The van der Waals surface area contributed by atoms with E-state index in [9.17, 15) is 4.79 Å². The van der Waals surface area contributed by atoms with Crippen molar-refractivity contribution in [3.05, 3.63) is 23.8 Å². The van der Waals surface area contributed by atoms with Gasteiger partial charge in [0.1, 0.15) is 0 Å². The molecule has 1 fully saturated rings. The largest absolute Gasteiger partial charge is 0.399 e. The van der Waals surface area contributed by atoms with Gasteiger partial charge in [-0.05, 0) is 62.3 Å². The second-order valence-corrected chi connectivity index (χ2v) is 6.06. The van der Waals surface area contributed by atoms with Crippen LogP contribution in [-0.2, 0) is 16.0 Å². The number of carbonyl (C=O) groups is 1. The Morgan fingerprint density at radius 3 is 3.05 bits per heavy atom. The third-order valence-electron chi connectivity index (χ3n) is 4.48. The van der Waals surface area contributed by atoms with Crippen LogP contribution in [0.15, 0.2) is 18.2 Å². The second kappa shape index (κ2) is 6.48. The van der Waals surface area contributed by atoms with Crippen molar-refractivity contribution in [2.75, 3.05) is 23.8 Å². The third-order valence-corrected chi connectivity index (χ3v) is 4.48. The molecule has 2 aliphatic rings. The van der Waals surface area contributed by atoms with Crippen LogP contribution in [0.1, 0.15) is 44.1 Å². The molecule has 0 bridgehead atoms. The summed E-state index contributed by atoms with van der Waals surface area (Å²) in [4.78, 5) is 14.5. The first kappa shape index (κ1) is 14.4. The molecule has 114 valence electrons. The van der Waals surface area contributed by atoms with Crippen LogP contribution >= 0.6 is 0 Å². The molecule has 3 rings (SSSR count). The molecule has 1 amide bonds. The van der Waals surface area contributed by atoms with E-state index >= 15 is 0 Å². The Labute approximate surface area is 126 Å². The van der Waals surface area contributed by atoms with Gasteiger partial charge in [0.2, 0.25) is 5.91 Å². The van der Waals surface area contributed by atoms with Gasteiger partial charge in [0.25, 0.3) is 0 Å². The lowest BCUT2D eigenvalue weighted by atomic mass is 9.99. The van der Waals surface area contributed by atoms with E-state index in [1.165, 1.54) is 12.0 Å². The lowest BCUT2D eigenvalue weighted by Crippen LogP contribution is -2.36. The number of aryl methyl sites for hydroxylation is 1. The average molecular weight is 288 g/mol. The Morgan fingerprint density at radius 1 is 1.33 bits per heavy atom. The van der Waals surface area contributed by atoms with E-state index in [1.807, 2.05) is 23.1 Å². The summed E-state index contributed by atoms with van der Waals surface area (Å²) >= 11 is 0. The number of fused-ring (bicyclic) bond motifs is 1. The Bertz CT molecular complexity index is 510. The Morgan fingerprint density at radius 2 is 2.24 bits per heavy atom. The van der Waals surface area contributed by atoms with Crippen molar-refractivity contribution < 1.29 is 9.53 Å². The normalized spacial score (nSPS) is 21.9. The van der Waals surface area contributed by atoms with Crippen LogP contribution in [-0.4, -0.2) is 25.2 Å². The maximum Gasteiger partial charge on any atom is 0.227 e. The fourth-order valence-electron chi connectivity index (χ4n) is 3.33. The molecule has 0 aliphatic carbocycles. The summed E-state index contributed by atoms with van der Waals surface area (Å²) < 4.78 is 5.71. The van der Waals surface area contributed by atoms with Gasteiger partial charge in [-0.3, -0.25) is 4.79 Å². The summed E-state index contributed by atoms with van der Waals surface area (Å²) in [5.41, 5.74) is 8.86. The average Bonchev–Trinajstić information content (AvgIpc) is 2.52. The molecular formula is C17H24N2O2. The highest BCUT2D eigenvalue weighted by Crippen LogP contribution is 2.29. The number of amides is 1.